The van der Waals surface area contributed by atoms with Gasteiger partial charge in [0.05, 0.1) is 0 Å². The van der Waals surface area contributed by atoms with Crippen LogP contribution >= 0.6 is 15.9 Å². The number of carbonyl (C=O) groups excluding carboxylic acids is 1. The number of halogens is 1. The van der Waals surface area contributed by atoms with Crippen molar-refractivity contribution in [1.82, 2.24) is 5.32 Å². The maximum absolute atomic E-state index is 12.1. The van der Waals surface area contributed by atoms with E-state index in [2.05, 4.69) is 21.2 Å². The van der Waals surface area contributed by atoms with Crippen LogP contribution in [0.1, 0.15) is 37.0 Å². The summed E-state index contributed by atoms with van der Waals surface area (Å²) < 4.78 is 0.666. The second-order valence-electron chi connectivity index (χ2n) is 5.54. The maximum Gasteiger partial charge on any atom is 0.303 e. The van der Waals surface area contributed by atoms with Crippen molar-refractivity contribution in [3.63, 3.8) is 0 Å². The number of carboxylic acids is 1. The predicted octanol–water partition coefficient (Wildman–Crippen LogP) is 2.90. The highest BCUT2D eigenvalue weighted by molar-refractivity contribution is 9.10. The lowest BCUT2D eigenvalue weighted by atomic mass is 9.94. The van der Waals surface area contributed by atoms with Gasteiger partial charge in [0.25, 0.3) is 5.91 Å². The zero-order chi connectivity index (χ0) is 16.0. The van der Waals surface area contributed by atoms with Crippen LogP contribution in [0.25, 0.3) is 0 Å². The molecule has 1 aromatic rings. The highest BCUT2D eigenvalue weighted by Crippen LogP contribution is 2.20. The normalized spacial score (nSPS) is 12.2. The van der Waals surface area contributed by atoms with Crippen molar-refractivity contribution in [1.29, 1.82) is 0 Å². The van der Waals surface area contributed by atoms with Gasteiger partial charge in [-0.15, -0.1) is 0 Å². The predicted molar refractivity (Wildman–Crippen MR) is 86.1 cm³/mol. The second-order valence-corrected chi connectivity index (χ2v) is 6.39. The van der Waals surface area contributed by atoms with Crippen molar-refractivity contribution in [3.8, 4) is 0 Å². The van der Waals surface area contributed by atoms with E-state index in [-0.39, 0.29) is 18.2 Å². The van der Waals surface area contributed by atoms with E-state index in [4.69, 9.17) is 10.8 Å². The molecule has 6 heteroatoms. The van der Waals surface area contributed by atoms with Crippen molar-refractivity contribution < 1.29 is 14.7 Å². The van der Waals surface area contributed by atoms with E-state index >= 15 is 0 Å². The molecule has 116 valence electrons. The Morgan fingerprint density at radius 2 is 2.05 bits per heavy atom. The van der Waals surface area contributed by atoms with Gasteiger partial charge in [0, 0.05) is 28.7 Å². The van der Waals surface area contributed by atoms with Gasteiger partial charge in [-0.2, -0.15) is 0 Å². The van der Waals surface area contributed by atoms with Crippen LogP contribution in [-0.4, -0.2) is 23.5 Å². The average molecular weight is 357 g/mol. The number of aliphatic carboxylic acids is 1. The maximum atomic E-state index is 12.1. The van der Waals surface area contributed by atoms with Crippen LogP contribution in [0.5, 0.6) is 0 Å². The van der Waals surface area contributed by atoms with Crippen LogP contribution in [0.2, 0.25) is 0 Å². The summed E-state index contributed by atoms with van der Waals surface area (Å²) in [5, 5.41) is 11.7. The molecule has 1 amide bonds. The van der Waals surface area contributed by atoms with Gasteiger partial charge in [-0.3, -0.25) is 9.59 Å². The van der Waals surface area contributed by atoms with E-state index in [1.165, 1.54) is 0 Å². The SMILES string of the molecule is CC(C)CC(CNC(=O)c1ccc(N)c(Br)c1)CC(=O)O. The minimum absolute atomic E-state index is 0.0594. The Hall–Kier alpha value is -1.56. The third kappa shape index (κ3) is 6.16. The molecule has 21 heavy (non-hydrogen) atoms. The molecule has 0 fully saturated rings. The first-order valence-electron chi connectivity index (χ1n) is 6.84. The van der Waals surface area contributed by atoms with Gasteiger partial charge in [0.1, 0.15) is 0 Å². The summed E-state index contributed by atoms with van der Waals surface area (Å²) >= 11 is 3.28. The van der Waals surface area contributed by atoms with Gasteiger partial charge < -0.3 is 16.2 Å². The number of hydrogen-bond donors (Lipinski definition) is 3. The van der Waals surface area contributed by atoms with Crippen LogP contribution < -0.4 is 11.1 Å². The molecule has 0 aromatic heterocycles. The van der Waals surface area contributed by atoms with E-state index in [1.54, 1.807) is 18.2 Å². The lowest BCUT2D eigenvalue weighted by Gasteiger charge is -2.18. The van der Waals surface area contributed by atoms with Crippen LogP contribution in [0.4, 0.5) is 5.69 Å². The minimum atomic E-state index is -0.842. The summed E-state index contributed by atoms with van der Waals surface area (Å²) in [6, 6.07) is 4.95. The molecule has 0 bridgehead atoms. The molecule has 5 nitrogen and oxygen atoms in total. The fourth-order valence-electron chi connectivity index (χ4n) is 2.16. The first kappa shape index (κ1) is 17.5. The lowest BCUT2D eigenvalue weighted by Crippen LogP contribution is -2.31. The van der Waals surface area contributed by atoms with Gasteiger partial charge in [0.15, 0.2) is 0 Å². The van der Waals surface area contributed by atoms with E-state index in [0.29, 0.717) is 28.2 Å². The molecule has 1 rings (SSSR count). The zero-order valence-corrected chi connectivity index (χ0v) is 13.8. The number of benzene rings is 1. The van der Waals surface area contributed by atoms with Crippen molar-refractivity contribution in [2.24, 2.45) is 11.8 Å². The van der Waals surface area contributed by atoms with E-state index < -0.39 is 5.97 Å². The smallest absolute Gasteiger partial charge is 0.303 e. The van der Waals surface area contributed by atoms with Crippen molar-refractivity contribution in [2.45, 2.75) is 26.7 Å². The molecule has 1 aromatic carbocycles. The van der Waals surface area contributed by atoms with Gasteiger partial charge in [-0.1, -0.05) is 13.8 Å². The standard InChI is InChI=1S/C15H21BrN2O3/c1-9(2)5-10(6-14(19)20)8-18-15(21)11-3-4-13(17)12(16)7-11/h3-4,7,9-10H,5-6,8,17H2,1-2H3,(H,18,21)(H,19,20). The highest BCUT2D eigenvalue weighted by atomic mass is 79.9. The van der Waals surface area contributed by atoms with E-state index in [0.717, 1.165) is 6.42 Å². The lowest BCUT2D eigenvalue weighted by molar-refractivity contribution is -0.138. The van der Waals surface area contributed by atoms with Gasteiger partial charge in [-0.05, 0) is 52.4 Å². The fraction of sp³-hybridized carbons (Fsp3) is 0.467. The molecule has 0 heterocycles. The molecule has 1 unspecified atom stereocenters. The Balaban J connectivity index is 2.63. The van der Waals surface area contributed by atoms with E-state index in [1.807, 2.05) is 13.8 Å². The molecule has 0 saturated carbocycles. The zero-order valence-electron chi connectivity index (χ0n) is 12.2. The van der Waals surface area contributed by atoms with Gasteiger partial charge in [0.2, 0.25) is 0 Å². The highest BCUT2D eigenvalue weighted by Gasteiger charge is 2.16. The van der Waals surface area contributed by atoms with Crippen LogP contribution in [0.3, 0.4) is 0 Å². The topological polar surface area (TPSA) is 92.4 Å². The Bertz CT molecular complexity index is 518. The number of carboxylic acid groups (broad SMARTS) is 1. The largest absolute Gasteiger partial charge is 0.481 e. The monoisotopic (exact) mass is 356 g/mol. The number of nitrogens with two attached hydrogens (primary N) is 1. The molecule has 0 spiro atoms. The summed E-state index contributed by atoms with van der Waals surface area (Å²) in [5.41, 5.74) is 6.74. The Kier molecular flexibility index (Phi) is 6.68. The Labute approximate surface area is 133 Å². The summed E-state index contributed by atoms with van der Waals surface area (Å²) in [7, 11) is 0. The number of anilines is 1. The third-order valence-corrected chi connectivity index (χ3v) is 3.77. The van der Waals surface area contributed by atoms with Crippen molar-refractivity contribution in [3.05, 3.63) is 28.2 Å². The molecule has 4 N–H and O–H groups in total. The molecule has 0 radical (unpaired) electrons. The number of carbonyl (C=O) groups is 2. The number of amides is 1. The quantitative estimate of drug-likeness (QED) is 0.654. The molecule has 0 saturated heterocycles. The molecule has 0 aliphatic rings. The number of rotatable bonds is 7. The minimum Gasteiger partial charge on any atom is -0.481 e. The van der Waals surface area contributed by atoms with Crippen LogP contribution in [0, 0.1) is 11.8 Å². The summed E-state index contributed by atoms with van der Waals surface area (Å²) in [5.74, 6) is -0.749. The fourth-order valence-corrected chi connectivity index (χ4v) is 2.54. The Morgan fingerprint density at radius 3 is 2.57 bits per heavy atom. The van der Waals surface area contributed by atoms with Crippen LogP contribution in [0.15, 0.2) is 22.7 Å². The van der Waals surface area contributed by atoms with E-state index in [9.17, 15) is 9.59 Å². The molecule has 0 aliphatic heterocycles. The average Bonchev–Trinajstić information content (AvgIpc) is 2.37. The van der Waals surface area contributed by atoms with Gasteiger partial charge in [-0.25, -0.2) is 0 Å². The molecule has 1 atom stereocenters. The molecular formula is C15H21BrN2O3. The first-order chi connectivity index (χ1) is 9.79. The summed E-state index contributed by atoms with van der Waals surface area (Å²) in [4.78, 5) is 22.9. The number of nitrogens with one attached hydrogen (secondary N) is 1. The van der Waals surface area contributed by atoms with Crippen molar-refractivity contribution >= 4 is 33.5 Å². The van der Waals surface area contributed by atoms with Crippen molar-refractivity contribution in [2.75, 3.05) is 12.3 Å². The third-order valence-electron chi connectivity index (χ3n) is 3.08. The van der Waals surface area contributed by atoms with Gasteiger partial charge >= 0.3 is 5.97 Å². The second kappa shape index (κ2) is 8.02. The summed E-state index contributed by atoms with van der Waals surface area (Å²) in [6.07, 6.45) is 0.821. The molecular weight excluding hydrogens is 336 g/mol. The Morgan fingerprint density at radius 1 is 1.38 bits per heavy atom. The number of nitrogen functional groups attached to an aromatic ring is 1. The number of hydrogen-bond acceptors (Lipinski definition) is 3. The molecule has 0 aliphatic carbocycles. The first-order valence-corrected chi connectivity index (χ1v) is 7.64. The van der Waals surface area contributed by atoms with Crippen LogP contribution in [-0.2, 0) is 4.79 Å². The summed E-state index contributed by atoms with van der Waals surface area (Å²) in [6.45, 7) is 4.42.